The second-order valence-electron chi connectivity index (χ2n) is 4.63. The summed E-state index contributed by atoms with van der Waals surface area (Å²) in [5, 5.41) is 6.72. The third-order valence-corrected chi connectivity index (χ3v) is 3.89. The minimum atomic E-state index is -0.0969. The number of hydrogen-bond donors (Lipinski definition) is 1. The highest BCUT2D eigenvalue weighted by atomic mass is 32.1. The smallest absolute Gasteiger partial charge is 0.255 e. The molecule has 5 heteroatoms. The summed E-state index contributed by atoms with van der Waals surface area (Å²) in [6, 6.07) is 15.2. The lowest BCUT2D eigenvalue weighted by molar-refractivity contribution is 0.102. The van der Waals surface area contributed by atoms with Crippen LogP contribution in [-0.2, 0) is 0 Å². The highest BCUT2D eigenvalue weighted by molar-refractivity contribution is 7.09. The molecule has 0 atom stereocenters. The Balaban J connectivity index is 1.77. The van der Waals surface area contributed by atoms with Gasteiger partial charge < -0.3 is 5.32 Å². The van der Waals surface area contributed by atoms with E-state index >= 15 is 0 Å². The minimum absolute atomic E-state index is 0.0969. The summed E-state index contributed by atoms with van der Waals surface area (Å²) in [4.78, 5) is 13.2. The molecule has 2 aromatic carbocycles. The van der Waals surface area contributed by atoms with Crippen LogP contribution < -0.4 is 5.32 Å². The summed E-state index contributed by atoms with van der Waals surface area (Å²) >= 11 is 1.35. The molecule has 1 aromatic heterocycles. The van der Waals surface area contributed by atoms with Crippen molar-refractivity contribution in [3.8, 4) is 10.4 Å². The maximum absolute atomic E-state index is 12.2. The van der Waals surface area contributed by atoms with E-state index in [1.165, 1.54) is 11.5 Å². The first kappa shape index (κ1) is 13.5. The Kier molecular flexibility index (Phi) is 3.75. The van der Waals surface area contributed by atoms with Gasteiger partial charge >= 0.3 is 0 Å². The number of amides is 1. The van der Waals surface area contributed by atoms with Crippen LogP contribution in [0.2, 0.25) is 0 Å². The van der Waals surface area contributed by atoms with Gasteiger partial charge in [-0.1, -0.05) is 34.8 Å². The third-order valence-electron chi connectivity index (χ3n) is 3.18. The summed E-state index contributed by atoms with van der Waals surface area (Å²) in [5.74, 6) is -0.0969. The fourth-order valence-corrected chi connectivity index (χ4v) is 2.56. The predicted molar refractivity (Wildman–Crippen MR) is 84.5 cm³/mol. The first-order valence-electron chi connectivity index (χ1n) is 6.49. The molecular weight excluding hydrogens is 282 g/mol. The Hall–Kier alpha value is -2.53. The van der Waals surface area contributed by atoms with Crippen molar-refractivity contribution in [2.75, 3.05) is 5.32 Å². The molecular formula is C16H13N3OS. The fourth-order valence-electron chi connectivity index (χ4n) is 2.04. The molecule has 0 unspecified atom stereocenters. The van der Waals surface area contributed by atoms with E-state index in [2.05, 4.69) is 14.9 Å². The van der Waals surface area contributed by atoms with Crippen LogP contribution in [0.4, 0.5) is 5.69 Å². The van der Waals surface area contributed by atoms with Crippen molar-refractivity contribution >= 4 is 23.1 Å². The van der Waals surface area contributed by atoms with Gasteiger partial charge in [0.05, 0.1) is 11.1 Å². The molecule has 0 spiro atoms. The lowest BCUT2D eigenvalue weighted by Gasteiger charge is -2.08. The largest absolute Gasteiger partial charge is 0.322 e. The number of rotatable bonds is 3. The third kappa shape index (κ3) is 2.98. The number of anilines is 1. The quantitative estimate of drug-likeness (QED) is 0.800. The number of nitrogens with one attached hydrogen (secondary N) is 1. The van der Waals surface area contributed by atoms with Gasteiger partial charge in [-0.05, 0) is 47.8 Å². The van der Waals surface area contributed by atoms with E-state index < -0.39 is 0 Å². The molecule has 21 heavy (non-hydrogen) atoms. The zero-order valence-electron chi connectivity index (χ0n) is 11.4. The number of carbonyl (C=O) groups excluding carboxylic acids is 1. The van der Waals surface area contributed by atoms with Gasteiger partial charge in [0.15, 0.2) is 0 Å². The van der Waals surface area contributed by atoms with Crippen molar-refractivity contribution in [1.82, 2.24) is 9.59 Å². The standard InChI is InChI=1S/C16H13N3OS/c1-11-4-2-3-5-14(11)16(20)18-13-8-6-12(7-9-13)15-10-17-19-21-15/h2-10H,1H3,(H,18,20). The number of aryl methyl sites for hydroxylation is 1. The Morgan fingerprint density at radius 2 is 1.86 bits per heavy atom. The number of carbonyl (C=O) groups is 1. The molecule has 3 rings (SSSR count). The van der Waals surface area contributed by atoms with Crippen molar-refractivity contribution in [2.24, 2.45) is 0 Å². The summed E-state index contributed by atoms with van der Waals surface area (Å²) in [6.07, 6.45) is 1.73. The maximum Gasteiger partial charge on any atom is 0.255 e. The monoisotopic (exact) mass is 295 g/mol. The first-order valence-corrected chi connectivity index (χ1v) is 7.26. The molecule has 0 aliphatic heterocycles. The highest BCUT2D eigenvalue weighted by Crippen LogP contribution is 2.23. The highest BCUT2D eigenvalue weighted by Gasteiger charge is 2.08. The molecule has 4 nitrogen and oxygen atoms in total. The van der Waals surface area contributed by atoms with E-state index in [4.69, 9.17) is 0 Å². The average Bonchev–Trinajstić information content (AvgIpc) is 3.02. The summed E-state index contributed by atoms with van der Waals surface area (Å²) in [7, 11) is 0. The molecule has 0 aliphatic rings. The number of nitrogens with zero attached hydrogens (tertiary/aromatic N) is 2. The van der Waals surface area contributed by atoms with Crippen molar-refractivity contribution in [3.63, 3.8) is 0 Å². The van der Waals surface area contributed by atoms with Gasteiger partial charge in [-0.2, -0.15) is 0 Å². The molecule has 3 aromatic rings. The number of hydrogen-bond acceptors (Lipinski definition) is 4. The first-order chi connectivity index (χ1) is 10.2. The van der Waals surface area contributed by atoms with Crippen LogP contribution >= 0.6 is 11.5 Å². The second-order valence-corrected chi connectivity index (χ2v) is 5.41. The SMILES string of the molecule is Cc1ccccc1C(=O)Nc1ccc(-c2cnns2)cc1. The molecule has 0 fully saturated rings. The molecule has 1 amide bonds. The van der Waals surface area contributed by atoms with Gasteiger partial charge in [0.1, 0.15) is 0 Å². The fraction of sp³-hybridized carbons (Fsp3) is 0.0625. The van der Waals surface area contributed by atoms with Gasteiger partial charge in [0, 0.05) is 11.3 Å². The number of benzene rings is 2. The molecule has 1 N–H and O–H groups in total. The van der Waals surface area contributed by atoms with Crippen molar-refractivity contribution in [3.05, 3.63) is 65.9 Å². The Morgan fingerprint density at radius 1 is 1.10 bits per heavy atom. The van der Waals surface area contributed by atoms with Crippen molar-refractivity contribution < 1.29 is 4.79 Å². The topological polar surface area (TPSA) is 54.9 Å². The van der Waals surface area contributed by atoms with Gasteiger partial charge in [0.25, 0.3) is 5.91 Å². The second kappa shape index (κ2) is 5.85. The van der Waals surface area contributed by atoms with Gasteiger partial charge in [-0.15, -0.1) is 5.10 Å². The van der Waals surface area contributed by atoms with Gasteiger partial charge in [-0.3, -0.25) is 4.79 Å². The lowest BCUT2D eigenvalue weighted by Crippen LogP contribution is -2.13. The van der Waals surface area contributed by atoms with Crippen LogP contribution in [0.5, 0.6) is 0 Å². The Bertz CT molecular complexity index is 751. The van der Waals surface area contributed by atoms with Gasteiger partial charge in [0.2, 0.25) is 0 Å². The Labute approximate surface area is 126 Å². The van der Waals surface area contributed by atoms with Crippen LogP contribution in [0.25, 0.3) is 10.4 Å². The van der Waals surface area contributed by atoms with E-state index in [0.717, 1.165) is 21.7 Å². The molecule has 1 heterocycles. The molecule has 0 aliphatic carbocycles. The normalized spacial score (nSPS) is 10.3. The van der Waals surface area contributed by atoms with E-state index in [-0.39, 0.29) is 5.91 Å². The van der Waals surface area contributed by atoms with Crippen LogP contribution in [0, 0.1) is 6.92 Å². The Morgan fingerprint density at radius 3 is 2.52 bits per heavy atom. The lowest BCUT2D eigenvalue weighted by atomic mass is 10.1. The average molecular weight is 295 g/mol. The van der Waals surface area contributed by atoms with Crippen LogP contribution in [0.1, 0.15) is 15.9 Å². The number of aromatic nitrogens is 2. The van der Waals surface area contributed by atoms with E-state index in [0.29, 0.717) is 5.56 Å². The molecule has 0 bridgehead atoms. The molecule has 0 radical (unpaired) electrons. The minimum Gasteiger partial charge on any atom is -0.322 e. The van der Waals surface area contributed by atoms with Crippen LogP contribution in [0.3, 0.4) is 0 Å². The van der Waals surface area contributed by atoms with Crippen LogP contribution in [-0.4, -0.2) is 15.5 Å². The predicted octanol–water partition coefficient (Wildman–Crippen LogP) is 3.77. The van der Waals surface area contributed by atoms with E-state index in [1.807, 2.05) is 55.5 Å². The molecule has 104 valence electrons. The maximum atomic E-state index is 12.2. The summed E-state index contributed by atoms with van der Waals surface area (Å²) in [5.41, 5.74) is 3.46. The molecule has 0 saturated carbocycles. The summed E-state index contributed by atoms with van der Waals surface area (Å²) < 4.78 is 3.84. The zero-order chi connectivity index (χ0) is 14.7. The zero-order valence-corrected chi connectivity index (χ0v) is 12.2. The summed E-state index contributed by atoms with van der Waals surface area (Å²) in [6.45, 7) is 1.93. The van der Waals surface area contributed by atoms with Crippen molar-refractivity contribution in [1.29, 1.82) is 0 Å². The van der Waals surface area contributed by atoms with Gasteiger partial charge in [-0.25, -0.2) is 0 Å². The van der Waals surface area contributed by atoms with E-state index in [9.17, 15) is 4.79 Å². The van der Waals surface area contributed by atoms with Crippen molar-refractivity contribution in [2.45, 2.75) is 6.92 Å². The molecule has 0 saturated heterocycles. The van der Waals surface area contributed by atoms with Crippen LogP contribution in [0.15, 0.2) is 54.7 Å². The van der Waals surface area contributed by atoms with E-state index in [1.54, 1.807) is 6.20 Å².